The number of morpholine rings is 1. The predicted molar refractivity (Wildman–Crippen MR) is 102 cm³/mol. The van der Waals surface area contributed by atoms with Crippen LogP contribution in [0.3, 0.4) is 0 Å². The molecule has 1 amide bonds. The standard InChI is InChI=1S/C20H26N4O2/c25-20(23-15-17-4-3-8-21-14-17)7-9-22-16-18-5-1-2-6-19(18)24-10-12-26-13-11-24/h1-6,8,14,22H,7,9-13,15-16H2,(H,23,25). The first-order valence-corrected chi connectivity index (χ1v) is 9.10. The Kier molecular flexibility index (Phi) is 6.98. The Morgan fingerprint density at radius 2 is 1.96 bits per heavy atom. The number of amides is 1. The lowest BCUT2D eigenvalue weighted by atomic mass is 10.1. The van der Waals surface area contributed by atoms with Gasteiger partial charge < -0.3 is 20.3 Å². The molecule has 2 aromatic rings. The number of rotatable bonds is 8. The molecule has 1 saturated heterocycles. The molecule has 0 unspecified atom stereocenters. The minimum atomic E-state index is 0.0443. The lowest BCUT2D eigenvalue weighted by molar-refractivity contribution is -0.121. The van der Waals surface area contributed by atoms with Crippen LogP contribution in [0.5, 0.6) is 0 Å². The molecule has 2 N–H and O–H groups in total. The zero-order valence-electron chi connectivity index (χ0n) is 15.0. The second-order valence-corrected chi connectivity index (χ2v) is 6.29. The number of carbonyl (C=O) groups is 1. The smallest absolute Gasteiger partial charge is 0.221 e. The van der Waals surface area contributed by atoms with Crippen LogP contribution in [0.4, 0.5) is 5.69 Å². The highest BCUT2D eigenvalue weighted by atomic mass is 16.5. The van der Waals surface area contributed by atoms with Crippen molar-refractivity contribution in [2.45, 2.75) is 19.5 Å². The number of hydrogen-bond acceptors (Lipinski definition) is 5. The molecule has 0 atom stereocenters. The molecule has 1 aliphatic heterocycles. The number of nitrogens with one attached hydrogen (secondary N) is 2. The largest absolute Gasteiger partial charge is 0.378 e. The van der Waals surface area contributed by atoms with Crippen LogP contribution < -0.4 is 15.5 Å². The SMILES string of the molecule is O=C(CCNCc1ccccc1N1CCOCC1)NCc1cccnc1. The molecule has 1 aromatic carbocycles. The van der Waals surface area contributed by atoms with E-state index >= 15 is 0 Å². The van der Waals surface area contributed by atoms with E-state index in [-0.39, 0.29) is 5.91 Å². The Labute approximate surface area is 154 Å². The maximum Gasteiger partial charge on any atom is 0.221 e. The minimum absolute atomic E-state index is 0.0443. The van der Waals surface area contributed by atoms with Crippen LogP contribution in [0.25, 0.3) is 0 Å². The van der Waals surface area contributed by atoms with E-state index in [4.69, 9.17) is 4.74 Å². The van der Waals surface area contributed by atoms with Crippen LogP contribution in [-0.4, -0.2) is 43.7 Å². The summed E-state index contributed by atoms with van der Waals surface area (Å²) in [6.07, 6.45) is 3.95. The van der Waals surface area contributed by atoms with Crippen LogP contribution in [-0.2, 0) is 22.6 Å². The Morgan fingerprint density at radius 1 is 1.12 bits per heavy atom. The van der Waals surface area contributed by atoms with Gasteiger partial charge in [0.15, 0.2) is 0 Å². The summed E-state index contributed by atoms with van der Waals surface area (Å²) in [6.45, 7) is 5.32. The zero-order valence-corrected chi connectivity index (χ0v) is 15.0. The summed E-state index contributed by atoms with van der Waals surface area (Å²) < 4.78 is 5.44. The molecule has 0 aliphatic carbocycles. The van der Waals surface area contributed by atoms with Gasteiger partial charge in [-0.05, 0) is 23.3 Å². The van der Waals surface area contributed by atoms with Crippen molar-refractivity contribution in [1.82, 2.24) is 15.6 Å². The average molecular weight is 354 g/mol. The maximum atomic E-state index is 11.9. The number of nitrogens with zero attached hydrogens (tertiary/aromatic N) is 2. The normalized spacial score (nSPS) is 14.2. The molecule has 0 spiro atoms. The van der Waals surface area contributed by atoms with Crippen LogP contribution in [0, 0.1) is 0 Å². The fourth-order valence-electron chi connectivity index (χ4n) is 2.99. The molecule has 2 heterocycles. The molecular weight excluding hydrogens is 328 g/mol. The second kappa shape index (κ2) is 9.89. The second-order valence-electron chi connectivity index (χ2n) is 6.29. The first-order valence-electron chi connectivity index (χ1n) is 9.10. The van der Waals surface area contributed by atoms with E-state index in [0.29, 0.717) is 19.5 Å². The van der Waals surface area contributed by atoms with Crippen molar-refractivity contribution in [3.8, 4) is 0 Å². The minimum Gasteiger partial charge on any atom is -0.378 e. The monoisotopic (exact) mass is 354 g/mol. The van der Waals surface area contributed by atoms with Crippen molar-refractivity contribution < 1.29 is 9.53 Å². The number of hydrogen-bond donors (Lipinski definition) is 2. The van der Waals surface area contributed by atoms with Gasteiger partial charge in [-0.2, -0.15) is 0 Å². The van der Waals surface area contributed by atoms with E-state index in [0.717, 1.165) is 38.4 Å². The molecule has 138 valence electrons. The molecule has 0 radical (unpaired) electrons. The fourth-order valence-corrected chi connectivity index (χ4v) is 2.99. The quantitative estimate of drug-likeness (QED) is 0.707. The predicted octanol–water partition coefficient (Wildman–Crippen LogP) is 1.71. The van der Waals surface area contributed by atoms with E-state index < -0.39 is 0 Å². The van der Waals surface area contributed by atoms with E-state index in [1.807, 2.05) is 12.1 Å². The Balaban J connectivity index is 1.40. The van der Waals surface area contributed by atoms with Gasteiger partial charge in [0.25, 0.3) is 0 Å². The first kappa shape index (κ1) is 18.4. The lowest BCUT2D eigenvalue weighted by Gasteiger charge is -2.30. The molecule has 6 heteroatoms. The Bertz CT molecular complexity index is 687. The summed E-state index contributed by atoms with van der Waals surface area (Å²) in [5, 5.41) is 6.30. The number of carbonyl (C=O) groups excluding carboxylic acids is 1. The van der Waals surface area contributed by atoms with Gasteiger partial charge in [-0.15, -0.1) is 0 Å². The highest BCUT2D eigenvalue weighted by Gasteiger charge is 2.14. The number of para-hydroxylation sites is 1. The van der Waals surface area contributed by atoms with Gasteiger partial charge in [0.05, 0.1) is 13.2 Å². The molecule has 1 aromatic heterocycles. The molecule has 1 aliphatic rings. The summed E-state index contributed by atoms with van der Waals surface area (Å²) in [7, 11) is 0. The van der Waals surface area contributed by atoms with Crippen molar-refractivity contribution in [1.29, 1.82) is 0 Å². The van der Waals surface area contributed by atoms with E-state index in [2.05, 4.69) is 44.8 Å². The van der Waals surface area contributed by atoms with Gasteiger partial charge in [-0.25, -0.2) is 0 Å². The number of benzene rings is 1. The Morgan fingerprint density at radius 3 is 2.77 bits per heavy atom. The van der Waals surface area contributed by atoms with Crippen molar-refractivity contribution >= 4 is 11.6 Å². The number of ether oxygens (including phenoxy) is 1. The molecular formula is C20H26N4O2. The summed E-state index contributed by atoms with van der Waals surface area (Å²) in [4.78, 5) is 18.4. The number of anilines is 1. The molecule has 1 fully saturated rings. The van der Waals surface area contributed by atoms with Crippen molar-refractivity contribution in [2.75, 3.05) is 37.7 Å². The molecule has 6 nitrogen and oxygen atoms in total. The molecule has 3 rings (SSSR count). The average Bonchev–Trinajstić information content (AvgIpc) is 2.71. The van der Waals surface area contributed by atoms with Crippen molar-refractivity contribution in [3.05, 3.63) is 59.9 Å². The summed E-state index contributed by atoms with van der Waals surface area (Å²) in [5.74, 6) is 0.0443. The van der Waals surface area contributed by atoms with Gasteiger partial charge in [0, 0.05) is 57.2 Å². The lowest BCUT2D eigenvalue weighted by Crippen LogP contribution is -2.37. The summed E-state index contributed by atoms with van der Waals surface area (Å²) >= 11 is 0. The highest BCUT2D eigenvalue weighted by Crippen LogP contribution is 2.21. The van der Waals surface area contributed by atoms with Gasteiger partial charge in [-0.3, -0.25) is 9.78 Å². The fraction of sp³-hybridized carbons (Fsp3) is 0.400. The third kappa shape index (κ3) is 5.54. The van der Waals surface area contributed by atoms with Crippen LogP contribution >= 0.6 is 0 Å². The first-order chi connectivity index (χ1) is 12.8. The van der Waals surface area contributed by atoms with Crippen molar-refractivity contribution in [2.24, 2.45) is 0 Å². The third-order valence-corrected chi connectivity index (χ3v) is 4.40. The van der Waals surface area contributed by atoms with E-state index in [1.54, 1.807) is 12.4 Å². The number of aromatic nitrogens is 1. The van der Waals surface area contributed by atoms with Crippen LogP contribution in [0.2, 0.25) is 0 Å². The van der Waals surface area contributed by atoms with Gasteiger partial charge in [0.1, 0.15) is 0 Å². The van der Waals surface area contributed by atoms with E-state index in [9.17, 15) is 4.79 Å². The Hall–Kier alpha value is -2.44. The van der Waals surface area contributed by atoms with Crippen LogP contribution in [0.15, 0.2) is 48.8 Å². The summed E-state index contributed by atoms with van der Waals surface area (Å²) in [5.41, 5.74) is 3.52. The van der Waals surface area contributed by atoms with Gasteiger partial charge in [-0.1, -0.05) is 24.3 Å². The van der Waals surface area contributed by atoms with Crippen LogP contribution in [0.1, 0.15) is 17.5 Å². The summed E-state index contributed by atoms with van der Waals surface area (Å²) in [6, 6.07) is 12.2. The third-order valence-electron chi connectivity index (χ3n) is 4.40. The topological polar surface area (TPSA) is 66.5 Å². The molecule has 0 saturated carbocycles. The zero-order chi connectivity index (χ0) is 18.0. The highest BCUT2D eigenvalue weighted by molar-refractivity contribution is 5.76. The molecule has 0 bridgehead atoms. The van der Waals surface area contributed by atoms with Crippen molar-refractivity contribution in [3.63, 3.8) is 0 Å². The molecule has 26 heavy (non-hydrogen) atoms. The van der Waals surface area contributed by atoms with Gasteiger partial charge >= 0.3 is 0 Å². The maximum absolute atomic E-state index is 11.9. The van der Waals surface area contributed by atoms with E-state index in [1.165, 1.54) is 11.3 Å². The number of pyridine rings is 1. The van der Waals surface area contributed by atoms with Gasteiger partial charge in [0.2, 0.25) is 5.91 Å².